The van der Waals surface area contributed by atoms with Crippen LogP contribution in [-0.4, -0.2) is 22.7 Å². The summed E-state index contributed by atoms with van der Waals surface area (Å²) in [5.41, 5.74) is 0. The van der Waals surface area contributed by atoms with Crippen LogP contribution in [0, 0.1) is 0 Å². The van der Waals surface area contributed by atoms with Crippen molar-refractivity contribution in [1.29, 1.82) is 0 Å². The minimum atomic E-state index is 0. The van der Waals surface area contributed by atoms with Crippen LogP contribution in [-0.2, 0) is 0 Å². The van der Waals surface area contributed by atoms with Gasteiger partial charge in [-0.25, -0.2) is 0 Å². The van der Waals surface area contributed by atoms with E-state index in [2.05, 4.69) is 0 Å². The molecule has 3 heteroatoms. The van der Waals surface area contributed by atoms with Gasteiger partial charge in [-0.2, -0.15) is 0 Å². The molecule has 40 valence electrons. The number of hydrogen-bond acceptors (Lipinski definition) is 2. The second kappa shape index (κ2) is 3.10. The van der Waals surface area contributed by atoms with E-state index in [0.717, 1.165) is 0 Å². The molecule has 1 N–H and O–H groups in total. The third-order valence-electron chi connectivity index (χ3n) is 0.506. The van der Waals surface area contributed by atoms with Gasteiger partial charge < -0.3 is 5.11 Å². The Morgan fingerprint density at radius 1 is 1.57 bits per heavy atom. The SMILES string of the molecule is Oc1cccs1.[GeH4]. The maximum absolute atomic E-state index is 8.49. The number of hydrogen-bond donors (Lipinski definition) is 1. The maximum atomic E-state index is 8.49. The van der Waals surface area contributed by atoms with Gasteiger partial charge in [0.05, 0.1) is 0 Å². The van der Waals surface area contributed by atoms with Crippen LogP contribution < -0.4 is 0 Å². The second-order valence-corrected chi connectivity index (χ2v) is 1.88. The third-order valence-corrected chi connectivity index (χ3v) is 1.18. The monoisotopic (exact) mass is 178 g/mol. The summed E-state index contributed by atoms with van der Waals surface area (Å²) in [4.78, 5) is 0. The summed E-state index contributed by atoms with van der Waals surface area (Å²) in [7, 11) is 0. The Kier molecular flexibility index (Phi) is 3.12. The first-order valence-corrected chi connectivity index (χ1v) is 2.50. The molecule has 0 unspecified atom stereocenters. The van der Waals surface area contributed by atoms with Crippen molar-refractivity contribution < 1.29 is 5.11 Å². The number of aromatic hydroxyl groups is 1. The molecule has 1 aromatic rings. The molecule has 1 rings (SSSR count). The zero-order chi connectivity index (χ0) is 4.41. The summed E-state index contributed by atoms with van der Waals surface area (Å²) < 4.78 is 0. The van der Waals surface area contributed by atoms with Crippen molar-refractivity contribution >= 4 is 28.9 Å². The first-order valence-electron chi connectivity index (χ1n) is 1.62. The molecule has 0 saturated carbocycles. The number of rotatable bonds is 0. The van der Waals surface area contributed by atoms with Gasteiger partial charge in [0.25, 0.3) is 0 Å². The summed E-state index contributed by atoms with van der Waals surface area (Å²) in [6.45, 7) is 0. The zero-order valence-electron chi connectivity index (χ0n) is 3.09. The minimum absolute atomic E-state index is 0. The van der Waals surface area contributed by atoms with Crippen LogP contribution in [0.15, 0.2) is 17.5 Å². The predicted molar refractivity (Wildman–Crippen MR) is 37.3 cm³/mol. The fraction of sp³-hybridized carbons (Fsp3) is 0. The van der Waals surface area contributed by atoms with Crippen LogP contribution in [0.2, 0.25) is 0 Å². The second-order valence-electron chi connectivity index (χ2n) is 0.951. The van der Waals surface area contributed by atoms with E-state index in [9.17, 15) is 0 Å². The number of thiophene rings is 1. The molecule has 0 fully saturated rings. The van der Waals surface area contributed by atoms with Gasteiger partial charge in [0.1, 0.15) is 0 Å². The Morgan fingerprint density at radius 3 is 2.43 bits per heavy atom. The molecular weight excluding hydrogens is 169 g/mol. The van der Waals surface area contributed by atoms with Gasteiger partial charge >= 0.3 is 17.6 Å². The van der Waals surface area contributed by atoms with Crippen LogP contribution in [0.25, 0.3) is 0 Å². The van der Waals surface area contributed by atoms with Crippen LogP contribution in [0.4, 0.5) is 0 Å². The Labute approximate surface area is 57.0 Å². The van der Waals surface area contributed by atoms with Gasteiger partial charge in [0, 0.05) is 0 Å². The van der Waals surface area contributed by atoms with Crippen molar-refractivity contribution in [2.45, 2.75) is 0 Å². The summed E-state index contributed by atoms with van der Waals surface area (Å²) in [5, 5.41) is 10.7. The standard InChI is InChI=1S/C4H4OS.GeH4/c5-4-2-1-3-6-4;/h1-3,5H;1H4. The van der Waals surface area contributed by atoms with Crippen molar-refractivity contribution in [1.82, 2.24) is 0 Å². The summed E-state index contributed by atoms with van der Waals surface area (Å²) in [5.74, 6) is 0. The van der Waals surface area contributed by atoms with Crippen LogP contribution in [0.1, 0.15) is 0 Å². The molecule has 0 aliphatic rings. The van der Waals surface area contributed by atoms with Crippen LogP contribution in [0.5, 0.6) is 5.06 Å². The Bertz CT molecular complexity index is 115. The topological polar surface area (TPSA) is 20.2 Å². The van der Waals surface area contributed by atoms with Gasteiger partial charge in [0.2, 0.25) is 0 Å². The third kappa shape index (κ3) is 1.99. The molecule has 0 aromatic carbocycles. The van der Waals surface area contributed by atoms with Crippen molar-refractivity contribution in [3.63, 3.8) is 0 Å². The molecular formula is C4H8GeOS. The molecule has 0 bridgehead atoms. The molecule has 1 aromatic heterocycles. The first-order chi connectivity index (χ1) is 2.89. The normalized spacial score (nSPS) is 7.43. The molecule has 0 amide bonds. The Morgan fingerprint density at radius 2 is 2.29 bits per heavy atom. The van der Waals surface area contributed by atoms with E-state index in [4.69, 9.17) is 5.11 Å². The van der Waals surface area contributed by atoms with E-state index in [-0.39, 0.29) is 17.6 Å². The van der Waals surface area contributed by atoms with Gasteiger partial charge in [-0.05, 0) is 17.5 Å². The van der Waals surface area contributed by atoms with E-state index in [0.29, 0.717) is 5.06 Å². The molecule has 1 heterocycles. The van der Waals surface area contributed by atoms with Crippen molar-refractivity contribution in [3.05, 3.63) is 17.5 Å². The van der Waals surface area contributed by atoms with Crippen molar-refractivity contribution in [2.24, 2.45) is 0 Å². The summed E-state index contributed by atoms with van der Waals surface area (Å²) >= 11 is 1.33. The van der Waals surface area contributed by atoms with Crippen LogP contribution in [0.3, 0.4) is 0 Å². The molecule has 0 radical (unpaired) electrons. The molecule has 0 aliphatic heterocycles. The van der Waals surface area contributed by atoms with Gasteiger partial charge in [-0.1, -0.05) is 0 Å². The van der Waals surface area contributed by atoms with E-state index in [1.807, 2.05) is 5.38 Å². The summed E-state index contributed by atoms with van der Waals surface area (Å²) in [6, 6.07) is 3.46. The van der Waals surface area contributed by atoms with Crippen molar-refractivity contribution in [2.75, 3.05) is 0 Å². The molecule has 0 aliphatic carbocycles. The molecule has 0 saturated heterocycles. The van der Waals surface area contributed by atoms with E-state index >= 15 is 0 Å². The van der Waals surface area contributed by atoms with Crippen LogP contribution >= 0.6 is 11.3 Å². The molecule has 1 nitrogen and oxygen atoms in total. The van der Waals surface area contributed by atoms with Gasteiger partial charge in [-0.15, -0.1) is 11.3 Å². The predicted octanol–water partition coefficient (Wildman–Crippen LogP) is 0.00210. The molecule has 0 spiro atoms. The Hall–Kier alpha value is 0.0429. The average Bonchev–Trinajstić information content (AvgIpc) is 1.86. The first kappa shape index (κ1) is 7.04. The van der Waals surface area contributed by atoms with E-state index in [1.54, 1.807) is 12.1 Å². The molecule has 7 heavy (non-hydrogen) atoms. The van der Waals surface area contributed by atoms with E-state index in [1.165, 1.54) is 11.3 Å². The quantitative estimate of drug-likeness (QED) is 0.553. The zero-order valence-corrected chi connectivity index (χ0v) is 3.90. The summed E-state index contributed by atoms with van der Waals surface area (Å²) in [6.07, 6.45) is 0. The fourth-order valence-corrected chi connectivity index (χ4v) is 0.724. The van der Waals surface area contributed by atoms with Gasteiger partial charge in [0.15, 0.2) is 5.06 Å². The fourth-order valence-electron chi connectivity index (χ4n) is 0.270. The average molecular weight is 177 g/mol. The molecule has 0 atom stereocenters. The van der Waals surface area contributed by atoms with E-state index < -0.39 is 0 Å². The van der Waals surface area contributed by atoms with Crippen molar-refractivity contribution in [3.8, 4) is 5.06 Å². The van der Waals surface area contributed by atoms with Gasteiger partial charge in [-0.3, -0.25) is 0 Å². The Balaban J connectivity index is 0.000000360.